The third-order valence-corrected chi connectivity index (χ3v) is 5.81. The molecule has 0 aliphatic heterocycles. The number of nitriles is 1. The SMILES string of the molecule is N#C/C(=C/c1cc(Cl)c(OCc2ccc(Cl)cc2Cl)c(Cl)c1)C(=O)Nc1cccc(Br)c1. The van der Waals surface area contributed by atoms with Crippen LogP contribution in [0.15, 0.2) is 64.6 Å². The number of anilines is 1. The van der Waals surface area contributed by atoms with E-state index in [4.69, 9.17) is 51.1 Å². The summed E-state index contributed by atoms with van der Waals surface area (Å²) >= 11 is 28.1. The van der Waals surface area contributed by atoms with Gasteiger partial charge >= 0.3 is 0 Å². The number of rotatable bonds is 6. The van der Waals surface area contributed by atoms with Crippen LogP contribution in [0.2, 0.25) is 20.1 Å². The van der Waals surface area contributed by atoms with Gasteiger partial charge in [0.15, 0.2) is 5.75 Å². The molecule has 0 atom stereocenters. The van der Waals surface area contributed by atoms with Gasteiger partial charge in [0.2, 0.25) is 0 Å². The number of ether oxygens (including phenoxy) is 1. The van der Waals surface area contributed by atoms with E-state index in [1.165, 1.54) is 6.08 Å². The Balaban J connectivity index is 1.78. The summed E-state index contributed by atoms with van der Waals surface area (Å²) in [6.07, 6.45) is 1.39. The van der Waals surface area contributed by atoms with Crippen LogP contribution in [-0.2, 0) is 11.4 Å². The molecule has 0 aliphatic carbocycles. The Hall–Kier alpha value is -2.20. The van der Waals surface area contributed by atoms with Gasteiger partial charge in [0, 0.05) is 25.8 Å². The van der Waals surface area contributed by atoms with E-state index in [0.29, 0.717) is 26.9 Å². The zero-order valence-corrected chi connectivity index (χ0v) is 20.7. The summed E-state index contributed by atoms with van der Waals surface area (Å²) in [7, 11) is 0. The molecular weight excluding hydrogens is 558 g/mol. The number of nitrogens with zero attached hydrogens (tertiary/aromatic N) is 1. The van der Waals surface area contributed by atoms with Crippen molar-refractivity contribution in [3.05, 3.63) is 95.9 Å². The highest BCUT2D eigenvalue weighted by atomic mass is 79.9. The van der Waals surface area contributed by atoms with Gasteiger partial charge in [-0.25, -0.2) is 0 Å². The average molecular weight is 571 g/mol. The van der Waals surface area contributed by atoms with Gasteiger partial charge in [-0.1, -0.05) is 74.5 Å². The lowest BCUT2D eigenvalue weighted by Gasteiger charge is -2.12. The van der Waals surface area contributed by atoms with Crippen LogP contribution in [0.3, 0.4) is 0 Å². The van der Waals surface area contributed by atoms with Crippen molar-refractivity contribution in [1.29, 1.82) is 5.26 Å². The van der Waals surface area contributed by atoms with E-state index in [1.54, 1.807) is 48.5 Å². The van der Waals surface area contributed by atoms with Crippen molar-refractivity contribution < 1.29 is 9.53 Å². The highest BCUT2D eigenvalue weighted by molar-refractivity contribution is 9.10. The van der Waals surface area contributed by atoms with Crippen molar-refractivity contribution in [2.24, 2.45) is 0 Å². The van der Waals surface area contributed by atoms with E-state index in [2.05, 4.69) is 21.2 Å². The fourth-order valence-electron chi connectivity index (χ4n) is 2.67. The molecule has 0 bridgehead atoms. The summed E-state index contributed by atoms with van der Waals surface area (Å²) in [5.41, 5.74) is 1.62. The van der Waals surface area contributed by atoms with E-state index < -0.39 is 5.91 Å². The van der Waals surface area contributed by atoms with Crippen LogP contribution >= 0.6 is 62.3 Å². The summed E-state index contributed by atoms with van der Waals surface area (Å²) < 4.78 is 6.54. The van der Waals surface area contributed by atoms with Crippen LogP contribution in [0.25, 0.3) is 6.08 Å². The molecule has 1 amide bonds. The first-order chi connectivity index (χ1) is 15.3. The molecular formula is C23H13BrCl4N2O2. The Labute approximate surface area is 213 Å². The van der Waals surface area contributed by atoms with Gasteiger partial charge in [-0.3, -0.25) is 4.79 Å². The maximum absolute atomic E-state index is 12.5. The van der Waals surface area contributed by atoms with Crippen LogP contribution in [0.4, 0.5) is 5.69 Å². The monoisotopic (exact) mass is 568 g/mol. The van der Waals surface area contributed by atoms with E-state index in [0.717, 1.165) is 4.47 Å². The molecule has 0 unspecified atom stereocenters. The Kier molecular flexibility index (Phi) is 8.47. The second kappa shape index (κ2) is 11.1. The molecule has 3 aromatic rings. The summed E-state index contributed by atoms with van der Waals surface area (Å²) in [6, 6.07) is 17.1. The summed E-state index contributed by atoms with van der Waals surface area (Å²) in [6.45, 7) is 0.128. The molecule has 0 spiro atoms. The largest absolute Gasteiger partial charge is 0.486 e. The standard InChI is InChI=1S/C23H13BrCl4N2O2/c24-16-2-1-3-18(9-16)30-23(31)15(11-29)6-13-7-20(27)22(21(28)8-13)32-12-14-4-5-17(25)10-19(14)26/h1-10H,12H2,(H,30,31)/b15-6-. The lowest BCUT2D eigenvalue weighted by molar-refractivity contribution is -0.112. The van der Waals surface area contributed by atoms with Crippen LogP contribution < -0.4 is 10.1 Å². The van der Waals surface area contributed by atoms with Crippen LogP contribution in [0.5, 0.6) is 5.75 Å². The predicted octanol–water partition coefficient (Wildman–Crippen LogP) is 8.19. The molecule has 0 saturated carbocycles. The number of carbonyl (C=O) groups is 1. The number of hydrogen-bond donors (Lipinski definition) is 1. The maximum Gasteiger partial charge on any atom is 0.266 e. The van der Waals surface area contributed by atoms with Crippen molar-refractivity contribution in [1.82, 2.24) is 0 Å². The van der Waals surface area contributed by atoms with Crippen molar-refractivity contribution in [2.45, 2.75) is 6.61 Å². The van der Waals surface area contributed by atoms with Crippen LogP contribution in [0.1, 0.15) is 11.1 Å². The smallest absolute Gasteiger partial charge is 0.266 e. The molecule has 3 rings (SSSR count). The van der Waals surface area contributed by atoms with Crippen molar-refractivity contribution >= 4 is 80.0 Å². The van der Waals surface area contributed by atoms with Gasteiger partial charge < -0.3 is 10.1 Å². The van der Waals surface area contributed by atoms with E-state index in [9.17, 15) is 10.1 Å². The van der Waals surface area contributed by atoms with Gasteiger partial charge in [0.1, 0.15) is 18.2 Å². The van der Waals surface area contributed by atoms with E-state index in [1.807, 2.05) is 12.1 Å². The first-order valence-corrected chi connectivity index (χ1v) is 11.3. The predicted molar refractivity (Wildman–Crippen MR) is 134 cm³/mol. The summed E-state index contributed by atoms with van der Waals surface area (Å²) in [5, 5.41) is 13.5. The molecule has 0 radical (unpaired) electrons. The van der Waals surface area contributed by atoms with Gasteiger partial charge in [-0.05, 0) is 54.1 Å². The summed E-state index contributed by atoms with van der Waals surface area (Å²) in [5.74, 6) is -0.302. The van der Waals surface area contributed by atoms with Crippen molar-refractivity contribution in [3.8, 4) is 11.8 Å². The molecule has 3 aromatic carbocycles. The fourth-order valence-corrected chi connectivity index (χ4v) is 4.14. The number of halogens is 5. The normalized spacial score (nSPS) is 11.1. The third-order valence-electron chi connectivity index (χ3n) is 4.17. The number of hydrogen-bond acceptors (Lipinski definition) is 3. The quantitative estimate of drug-likeness (QED) is 0.240. The Bertz CT molecular complexity index is 1230. The average Bonchev–Trinajstić information content (AvgIpc) is 2.72. The van der Waals surface area contributed by atoms with E-state index >= 15 is 0 Å². The lowest BCUT2D eigenvalue weighted by atomic mass is 10.1. The maximum atomic E-state index is 12.5. The minimum Gasteiger partial charge on any atom is -0.486 e. The zero-order valence-electron chi connectivity index (χ0n) is 16.1. The van der Waals surface area contributed by atoms with Gasteiger partial charge in [-0.2, -0.15) is 5.26 Å². The van der Waals surface area contributed by atoms with Gasteiger partial charge in [0.05, 0.1) is 10.0 Å². The second-order valence-corrected chi connectivity index (χ2v) is 9.05. The van der Waals surface area contributed by atoms with Gasteiger partial charge in [-0.15, -0.1) is 0 Å². The molecule has 0 saturated heterocycles. The minimum absolute atomic E-state index is 0.112. The topological polar surface area (TPSA) is 62.1 Å². The molecule has 0 heterocycles. The molecule has 32 heavy (non-hydrogen) atoms. The minimum atomic E-state index is -0.560. The molecule has 0 aromatic heterocycles. The molecule has 162 valence electrons. The highest BCUT2D eigenvalue weighted by Gasteiger charge is 2.14. The third kappa shape index (κ3) is 6.41. The Morgan fingerprint density at radius 1 is 1.03 bits per heavy atom. The molecule has 0 fully saturated rings. The Morgan fingerprint density at radius 2 is 1.75 bits per heavy atom. The van der Waals surface area contributed by atoms with Crippen molar-refractivity contribution in [2.75, 3.05) is 5.32 Å². The van der Waals surface area contributed by atoms with E-state index in [-0.39, 0.29) is 28.0 Å². The molecule has 0 aliphatic rings. The zero-order chi connectivity index (χ0) is 23.3. The molecule has 1 N–H and O–H groups in total. The molecule has 4 nitrogen and oxygen atoms in total. The summed E-state index contributed by atoms with van der Waals surface area (Å²) in [4.78, 5) is 12.5. The van der Waals surface area contributed by atoms with Crippen LogP contribution in [-0.4, -0.2) is 5.91 Å². The second-order valence-electron chi connectivity index (χ2n) is 6.47. The van der Waals surface area contributed by atoms with Crippen LogP contribution in [0, 0.1) is 11.3 Å². The lowest BCUT2D eigenvalue weighted by Crippen LogP contribution is -2.13. The number of benzene rings is 3. The van der Waals surface area contributed by atoms with Crippen molar-refractivity contribution in [3.63, 3.8) is 0 Å². The molecule has 9 heteroatoms. The number of amides is 1. The van der Waals surface area contributed by atoms with Gasteiger partial charge in [0.25, 0.3) is 5.91 Å². The number of nitrogens with one attached hydrogen (secondary N) is 1. The fraction of sp³-hybridized carbons (Fsp3) is 0.0435. The Morgan fingerprint density at radius 3 is 2.38 bits per heavy atom. The first-order valence-electron chi connectivity index (χ1n) is 9.01. The number of carbonyl (C=O) groups excluding carboxylic acids is 1. The first kappa shape index (κ1) is 24.4. The highest BCUT2D eigenvalue weighted by Crippen LogP contribution is 2.36.